The molecule has 0 spiro atoms. The standard InChI is InChI=1S/C26H29N3O5/c1-4-28(5-2)13-8-14-29-22(18-10-7-12-27-16-18)21(24(31)26(29)32)23(30)20-15-17-9-6-11-19(33-3)25(17)34-20/h6-7,9-12,15-16,22,31H,4-5,8,13-14H2,1-3H3/t22-/m1/s1. The summed E-state index contributed by atoms with van der Waals surface area (Å²) >= 11 is 0. The minimum atomic E-state index is -0.750. The van der Waals surface area contributed by atoms with Gasteiger partial charge in [-0.15, -0.1) is 0 Å². The Hall–Kier alpha value is -3.65. The molecule has 0 radical (unpaired) electrons. The SMILES string of the molecule is CCN(CC)CCCN1C(=O)C(O)=C(C(=O)c2cc3cccc(OC)c3o2)[C@H]1c1cccnc1. The number of pyridine rings is 1. The van der Waals surface area contributed by atoms with E-state index in [2.05, 4.69) is 23.7 Å². The topological polar surface area (TPSA) is 96.1 Å². The smallest absolute Gasteiger partial charge is 0.290 e. The van der Waals surface area contributed by atoms with Gasteiger partial charge >= 0.3 is 0 Å². The van der Waals surface area contributed by atoms with E-state index in [0.717, 1.165) is 19.6 Å². The molecule has 1 aliphatic heterocycles. The number of ether oxygens (including phenoxy) is 1. The number of fused-ring (bicyclic) bond motifs is 1. The molecule has 1 atom stereocenters. The highest BCUT2D eigenvalue weighted by Crippen LogP contribution is 2.40. The Morgan fingerprint density at radius 1 is 1.24 bits per heavy atom. The van der Waals surface area contributed by atoms with E-state index in [-0.39, 0.29) is 11.3 Å². The zero-order chi connectivity index (χ0) is 24.2. The van der Waals surface area contributed by atoms with Crippen molar-refractivity contribution in [2.75, 3.05) is 33.3 Å². The number of ketones is 1. The number of para-hydroxylation sites is 1. The van der Waals surface area contributed by atoms with Gasteiger partial charge in [-0.3, -0.25) is 14.6 Å². The van der Waals surface area contributed by atoms with E-state index in [1.54, 1.807) is 47.6 Å². The van der Waals surface area contributed by atoms with Crippen LogP contribution < -0.4 is 4.74 Å². The summed E-state index contributed by atoms with van der Waals surface area (Å²) in [6.45, 7) is 7.22. The maximum absolute atomic E-state index is 13.6. The van der Waals surface area contributed by atoms with Crippen LogP contribution in [0.3, 0.4) is 0 Å². The third-order valence-electron chi connectivity index (χ3n) is 6.27. The van der Waals surface area contributed by atoms with Crippen molar-refractivity contribution >= 4 is 22.7 Å². The number of aliphatic hydroxyl groups excluding tert-OH is 1. The van der Waals surface area contributed by atoms with Gasteiger partial charge in [0.05, 0.1) is 18.7 Å². The second-order valence-electron chi connectivity index (χ2n) is 8.15. The molecule has 178 valence electrons. The van der Waals surface area contributed by atoms with Gasteiger partial charge in [-0.1, -0.05) is 32.0 Å². The van der Waals surface area contributed by atoms with Crippen LogP contribution in [0.5, 0.6) is 5.75 Å². The molecule has 1 N–H and O–H groups in total. The fourth-order valence-electron chi connectivity index (χ4n) is 4.45. The molecule has 0 bridgehead atoms. The molecule has 0 aliphatic carbocycles. The van der Waals surface area contributed by atoms with Gasteiger partial charge in [0, 0.05) is 24.3 Å². The number of rotatable bonds is 10. The molecule has 1 aromatic carbocycles. The summed E-state index contributed by atoms with van der Waals surface area (Å²) in [5.74, 6) is -1.12. The van der Waals surface area contributed by atoms with Gasteiger partial charge in [-0.2, -0.15) is 0 Å². The Labute approximate surface area is 198 Å². The molecule has 0 saturated heterocycles. The van der Waals surface area contributed by atoms with Crippen molar-refractivity contribution in [3.63, 3.8) is 0 Å². The zero-order valence-electron chi connectivity index (χ0n) is 19.7. The largest absolute Gasteiger partial charge is 0.503 e. The second-order valence-corrected chi connectivity index (χ2v) is 8.15. The number of aliphatic hydroxyl groups is 1. The van der Waals surface area contributed by atoms with Gasteiger partial charge in [0.15, 0.2) is 22.9 Å². The molecule has 0 fully saturated rings. The Kier molecular flexibility index (Phi) is 6.98. The number of amides is 1. The minimum absolute atomic E-state index is 0.00105. The van der Waals surface area contributed by atoms with E-state index in [1.807, 2.05) is 6.07 Å². The number of Topliss-reactive ketones (excluding diaryl/α,β-unsaturated/α-hetero) is 1. The lowest BCUT2D eigenvalue weighted by atomic mass is 9.96. The van der Waals surface area contributed by atoms with E-state index >= 15 is 0 Å². The lowest BCUT2D eigenvalue weighted by Gasteiger charge is -2.27. The number of methoxy groups -OCH3 is 1. The molecule has 8 nitrogen and oxygen atoms in total. The van der Waals surface area contributed by atoms with E-state index in [9.17, 15) is 14.7 Å². The molecule has 8 heteroatoms. The van der Waals surface area contributed by atoms with Crippen LogP contribution in [-0.4, -0.2) is 64.9 Å². The third kappa shape index (κ3) is 4.28. The number of aromatic nitrogens is 1. The number of nitrogens with zero attached hydrogens (tertiary/aromatic N) is 3. The number of hydrogen-bond acceptors (Lipinski definition) is 7. The molecule has 34 heavy (non-hydrogen) atoms. The first-order valence-corrected chi connectivity index (χ1v) is 11.5. The second kappa shape index (κ2) is 10.1. The maximum Gasteiger partial charge on any atom is 0.290 e. The van der Waals surface area contributed by atoms with Crippen molar-refractivity contribution < 1.29 is 23.8 Å². The van der Waals surface area contributed by atoms with Crippen LogP contribution in [-0.2, 0) is 4.79 Å². The first kappa shape index (κ1) is 23.5. The predicted molar refractivity (Wildman–Crippen MR) is 128 cm³/mol. The third-order valence-corrected chi connectivity index (χ3v) is 6.27. The average molecular weight is 464 g/mol. The van der Waals surface area contributed by atoms with E-state index in [4.69, 9.17) is 9.15 Å². The Morgan fingerprint density at radius 2 is 2.03 bits per heavy atom. The number of carbonyl (C=O) groups excluding carboxylic acids is 2. The monoisotopic (exact) mass is 463 g/mol. The highest BCUT2D eigenvalue weighted by atomic mass is 16.5. The lowest BCUT2D eigenvalue weighted by Crippen LogP contribution is -2.34. The molecule has 0 unspecified atom stereocenters. The predicted octanol–water partition coefficient (Wildman–Crippen LogP) is 4.15. The summed E-state index contributed by atoms with van der Waals surface area (Å²) in [6.07, 6.45) is 3.95. The summed E-state index contributed by atoms with van der Waals surface area (Å²) in [5.41, 5.74) is 1.09. The first-order chi connectivity index (χ1) is 16.5. The van der Waals surface area contributed by atoms with Crippen LogP contribution in [0.15, 0.2) is 64.5 Å². The molecule has 1 aliphatic rings. The Bertz CT molecular complexity index is 1210. The highest BCUT2D eigenvalue weighted by molar-refractivity contribution is 6.16. The number of benzene rings is 1. The lowest BCUT2D eigenvalue weighted by molar-refractivity contribution is -0.129. The number of carbonyl (C=O) groups is 2. The summed E-state index contributed by atoms with van der Waals surface area (Å²) in [5, 5.41) is 11.5. The summed E-state index contributed by atoms with van der Waals surface area (Å²) in [6, 6.07) is 9.76. The van der Waals surface area contributed by atoms with Crippen molar-refractivity contribution in [2.24, 2.45) is 0 Å². The number of hydrogen-bond donors (Lipinski definition) is 1. The molecule has 3 heterocycles. The molecular formula is C26H29N3O5. The highest BCUT2D eigenvalue weighted by Gasteiger charge is 2.44. The van der Waals surface area contributed by atoms with Gasteiger partial charge in [0.25, 0.3) is 5.91 Å². The van der Waals surface area contributed by atoms with E-state index in [0.29, 0.717) is 35.2 Å². The van der Waals surface area contributed by atoms with Gasteiger partial charge in [0.1, 0.15) is 0 Å². The van der Waals surface area contributed by atoms with Crippen molar-refractivity contribution in [1.29, 1.82) is 0 Å². The quantitative estimate of drug-likeness (QED) is 0.451. The van der Waals surface area contributed by atoms with Crippen LogP contribution in [0, 0.1) is 0 Å². The van der Waals surface area contributed by atoms with Gasteiger partial charge < -0.3 is 24.1 Å². The van der Waals surface area contributed by atoms with Crippen molar-refractivity contribution in [3.8, 4) is 5.75 Å². The maximum atomic E-state index is 13.6. The molecule has 4 rings (SSSR count). The Balaban J connectivity index is 1.70. The van der Waals surface area contributed by atoms with Gasteiger partial charge in [0.2, 0.25) is 5.78 Å². The fourth-order valence-corrected chi connectivity index (χ4v) is 4.45. The summed E-state index contributed by atoms with van der Waals surface area (Å²) in [4.78, 5) is 34.7. The number of furan rings is 1. The molecule has 1 amide bonds. The average Bonchev–Trinajstić information content (AvgIpc) is 3.41. The van der Waals surface area contributed by atoms with Crippen molar-refractivity contribution in [3.05, 3.63) is 71.4 Å². The van der Waals surface area contributed by atoms with E-state index < -0.39 is 23.5 Å². The van der Waals surface area contributed by atoms with Gasteiger partial charge in [-0.05, 0) is 49.8 Å². The zero-order valence-corrected chi connectivity index (χ0v) is 19.7. The minimum Gasteiger partial charge on any atom is -0.503 e. The molecule has 3 aromatic rings. The van der Waals surface area contributed by atoms with Crippen LogP contribution in [0.2, 0.25) is 0 Å². The van der Waals surface area contributed by atoms with Gasteiger partial charge in [-0.25, -0.2) is 0 Å². The van der Waals surface area contributed by atoms with Crippen LogP contribution >= 0.6 is 0 Å². The summed E-state index contributed by atoms with van der Waals surface area (Å²) in [7, 11) is 1.53. The van der Waals surface area contributed by atoms with Crippen molar-refractivity contribution in [1.82, 2.24) is 14.8 Å². The Morgan fingerprint density at radius 3 is 2.71 bits per heavy atom. The fraction of sp³-hybridized carbons (Fsp3) is 0.346. The summed E-state index contributed by atoms with van der Waals surface area (Å²) < 4.78 is 11.2. The molecular weight excluding hydrogens is 434 g/mol. The van der Waals surface area contributed by atoms with Crippen molar-refractivity contribution in [2.45, 2.75) is 26.3 Å². The van der Waals surface area contributed by atoms with Crippen LogP contribution in [0.4, 0.5) is 0 Å². The molecule has 0 saturated carbocycles. The van der Waals surface area contributed by atoms with Crippen LogP contribution in [0.25, 0.3) is 11.0 Å². The first-order valence-electron chi connectivity index (χ1n) is 11.5. The normalized spacial score (nSPS) is 16.2. The van der Waals surface area contributed by atoms with E-state index in [1.165, 1.54) is 7.11 Å². The molecule has 2 aromatic heterocycles. The van der Waals surface area contributed by atoms with Crippen LogP contribution in [0.1, 0.15) is 42.4 Å².